The third-order valence-electron chi connectivity index (χ3n) is 4.62. The Morgan fingerprint density at radius 2 is 1.92 bits per heavy atom. The second-order valence-electron chi connectivity index (χ2n) is 6.10. The summed E-state index contributed by atoms with van der Waals surface area (Å²) in [6.45, 7) is 0. The van der Waals surface area contributed by atoms with E-state index < -0.39 is 0 Å². The topological polar surface area (TPSA) is 65.4 Å². The van der Waals surface area contributed by atoms with Gasteiger partial charge in [-0.25, -0.2) is 4.98 Å². The summed E-state index contributed by atoms with van der Waals surface area (Å²) in [5.41, 5.74) is 2.65. The van der Waals surface area contributed by atoms with E-state index in [0.29, 0.717) is 18.0 Å². The van der Waals surface area contributed by atoms with E-state index in [-0.39, 0.29) is 11.8 Å². The number of nitrogens with one attached hydrogen (secondary N) is 1. The van der Waals surface area contributed by atoms with Gasteiger partial charge >= 0.3 is 0 Å². The minimum Gasteiger partial charge on any atom is -0.497 e. The fourth-order valence-corrected chi connectivity index (χ4v) is 3.36. The lowest BCUT2D eigenvalue weighted by Crippen LogP contribution is -2.25. The van der Waals surface area contributed by atoms with Gasteiger partial charge in [-0.3, -0.25) is 9.36 Å². The van der Waals surface area contributed by atoms with Crippen molar-refractivity contribution in [3.8, 4) is 17.2 Å². The number of carbonyl (C=O) groups is 1. The molecule has 0 saturated carbocycles. The first-order valence-electron chi connectivity index (χ1n) is 8.35. The molecule has 2 heterocycles. The minimum absolute atomic E-state index is 0.0509. The zero-order valence-electron chi connectivity index (χ0n) is 14.6. The molecular weight excluding hydrogens is 330 g/mol. The summed E-state index contributed by atoms with van der Waals surface area (Å²) in [5.74, 6) is 1.88. The molecule has 0 fully saturated rings. The molecule has 6 heteroatoms. The number of methoxy groups -OCH3 is 2. The summed E-state index contributed by atoms with van der Waals surface area (Å²) in [7, 11) is 3.24. The molecule has 132 valence electrons. The summed E-state index contributed by atoms with van der Waals surface area (Å²) in [6.07, 6.45) is 2.05. The second-order valence-corrected chi connectivity index (χ2v) is 6.10. The van der Waals surface area contributed by atoms with Crippen LogP contribution in [0, 0.1) is 0 Å². The van der Waals surface area contributed by atoms with E-state index in [0.717, 1.165) is 22.7 Å². The van der Waals surface area contributed by atoms with Crippen molar-refractivity contribution in [3.63, 3.8) is 0 Å². The van der Waals surface area contributed by atoms with Gasteiger partial charge in [-0.15, -0.1) is 0 Å². The number of fused-ring (bicyclic) bond motifs is 1. The molecule has 0 radical (unpaired) electrons. The van der Waals surface area contributed by atoms with Crippen molar-refractivity contribution < 1.29 is 14.3 Å². The molecule has 1 atom stereocenters. The van der Waals surface area contributed by atoms with Gasteiger partial charge in [-0.1, -0.05) is 18.2 Å². The minimum atomic E-state index is -0.200. The number of anilines is 1. The van der Waals surface area contributed by atoms with Crippen LogP contribution in [0.5, 0.6) is 11.5 Å². The number of amides is 1. The van der Waals surface area contributed by atoms with Gasteiger partial charge in [-0.2, -0.15) is 0 Å². The molecule has 0 unspecified atom stereocenters. The number of nitrogens with zero attached hydrogens (tertiary/aromatic N) is 2. The molecule has 0 aliphatic carbocycles. The Morgan fingerprint density at radius 1 is 1.12 bits per heavy atom. The Labute approximate surface area is 151 Å². The Balaban J connectivity index is 1.85. The van der Waals surface area contributed by atoms with Gasteiger partial charge in [0.2, 0.25) is 5.91 Å². The lowest BCUT2D eigenvalue weighted by molar-refractivity contribution is -0.116. The highest BCUT2D eigenvalue weighted by molar-refractivity contribution is 5.94. The fraction of sp³-hybridized carbons (Fsp3) is 0.200. The van der Waals surface area contributed by atoms with E-state index in [4.69, 9.17) is 9.47 Å². The van der Waals surface area contributed by atoms with Crippen molar-refractivity contribution in [1.82, 2.24) is 9.55 Å². The summed E-state index contributed by atoms with van der Waals surface area (Å²) in [5, 5.41) is 2.96. The van der Waals surface area contributed by atoms with Gasteiger partial charge in [-0.05, 0) is 30.3 Å². The Bertz CT molecular complexity index is 950. The zero-order valence-corrected chi connectivity index (χ0v) is 14.6. The van der Waals surface area contributed by atoms with Gasteiger partial charge < -0.3 is 14.8 Å². The van der Waals surface area contributed by atoms with Gasteiger partial charge in [0.05, 0.1) is 19.9 Å². The largest absolute Gasteiger partial charge is 0.497 e. The number of rotatable bonds is 4. The molecule has 1 amide bonds. The van der Waals surface area contributed by atoms with Crippen LogP contribution in [0.2, 0.25) is 0 Å². The fourth-order valence-electron chi connectivity index (χ4n) is 3.36. The third-order valence-corrected chi connectivity index (χ3v) is 4.62. The SMILES string of the molecule is COc1ccc(OC)c([C@H]2CC(=O)Nc3c2ncn3-c2ccccc2)c1. The maximum absolute atomic E-state index is 12.4. The highest BCUT2D eigenvalue weighted by Gasteiger charge is 2.33. The Hall–Kier alpha value is -3.28. The highest BCUT2D eigenvalue weighted by atomic mass is 16.5. The average molecular weight is 349 g/mol. The van der Waals surface area contributed by atoms with Crippen LogP contribution >= 0.6 is 0 Å². The number of para-hydroxylation sites is 1. The first kappa shape index (κ1) is 16.2. The maximum Gasteiger partial charge on any atom is 0.226 e. The number of carbonyl (C=O) groups excluding carboxylic acids is 1. The molecule has 2 aromatic carbocycles. The van der Waals surface area contributed by atoms with E-state index in [1.54, 1.807) is 20.5 Å². The van der Waals surface area contributed by atoms with E-state index in [9.17, 15) is 4.79 Å². The Kier molecular flexibility index (Phi) is 4.08. The van der Waals surface area contributed by atoms with Crippen molar-refractivity contribution in [2.45, 2.75) is 12.3 Å². The average Bonchev–Trinajstić information content (AvgIpc) is 3.11. The van der Waals surface area contributed by atoms with E-state index in [1.807, 2.05) is 53.1 Å². The molecule has 3 aromatic rings. The molecule has 1 aliphatic rings. The smallest absolute Gasteiger partial charge is 0.226 e. The van der Waals surface area contributed by atoms with Gasteiger partial charge in [0.1, 0.15) is 23.6 Å². The number of hydrogen-bond donors (Lipinski definition) is 1. The van der Waals surface area contributed by atoms with Crippen LogP contribution in [-0.2, 0) is 4.79 Å². The van der Waals surface area contributed by atoms with Crippen LogP contribution in [0.25, 0.3) is 5.69 Å². The highest BCUT2D eigenvalue weighted by Crippen LogP contribution is 2.41. The normalized spacial score (nSPS) is 15.9. The predicted molar refractivity (Wildman–Crippen MR) is 98.2 cm³/mol. The van der Waals surface area contributed by atoms with E-state index in [1.165, 1.54) is 0 Å². The number of ether oxygens (including phenoxy) is 2. The number of hydrogen-bond acceptors (Lipinski definition) is 4. The first-order valence-corrected chi connectivity index (χ1v) is 8.35. The van der Waals surface area contributed by atoms with Crippen LogP contribution in [0.4, 0.5) is 5.82 Å². The number of benzene rings is 2. The van der Waals surface area contributed by atoms with Crippen molar-refractivity contribution >= 4 is 11.7 Å². The van der Waals surface area contributed by atoms with Gasteiger partial charge in [0, 0.05) is 23.6 Å². The lowest BCUT2D eigenvalue weighted by atomic mass is 9.89. The van der Waals surface area contributed by atoms with Crippen LogP contribution in [0.3, 0.4) is 0 Å². The summed E-state index contributed by atoms with van der Waals surface area (Å²) >= 11 is 0. The molecule has 26 heavy (non-hydrogen) atoms. The summed E-state index contributed by atoms with van der Waals surface area (Å²) in [6, 6.07) is 15.4. The predicted octanol–water partition coefficient (Wildman–Crippen LogP) is 3.36. The Morgan fingerprint density at radius 3 is 2.65 bits per heavy atom. The van der Waals surface area contributed by atoms with Crippen molar-refractivity contribution in [2.75, 3.05) is 19.5 Å². The zero-order chi connectivity index (χ0) is 18.1. The molecule has 1 aliphatic heterocycles. The standard InChI is InChI=1S/C20H19N3O3/c1-25-14-8-9-17(26-2)15(10-14)16-11-18(24)22-20-19(16)21-12-23(20)13-6-4-3-5-7-13/h3-10,12,16H,11H2,1-2H3,(H,22,24)/t16-/m1/s1. The van der Waals surface area contributed by atoms with Gasteiger partial charge in [0.15, 0.2) is 0 Å². The molecule has 0 saturated heterocycles. The molecule has 1 aromatic heterocycles. The number of aromatic nitrogens is 2. The summed E-state index contributed by atoms with van der Waals surface area (Å²) in [4.78, 5) is 17.0. The first-order chi connectivity index (χ1) is 12.7. The molecule has 1 N–H and O–H groups in total. The van der Waals surface area contributed by atoms with Crippen molar-refractivity contribution in [2.24, 2.45) is 0 Å². The van der Waals surface area contributed by atoms with Crippen LogP contribution in [0.1, 0.15) is 23.6 Å². The second kappa shape index (κ2) is 6.55. The monoisotopic (exact) mass is 349 g/mol. The molecule has 6 nitrogen and oxygen atoms in total. The summed E-state index contributed by atoms with van der Waals surface area (Å²) < 4.78 is 12.8. The van der Waals surface area contributed by atoms with E-state index in [2.05, 4.69) is 10.3 Å². The van der Waals surface area contributed by atoms with Crippen molar-refractivity contribution in [1.29, 1.82) is 0 Å². The van der Waals surface area contributed by atoms with Crippen LogP contribution in [0.15, 0.2) is 54.9 Å². The third kappa shape index (κ3) is 2.69. The molecular formula is C20H19N3O3. The quantitative estimate of drug-likeness (QED) is 0.784. The van der Waals surface area contributed by atoms with Crippen LogP contribution in [-0.4, -0.2) is 29.7 Å². The number of imidazole rings is 1. The molecule has 4 rings (SSSR count). The van der Waals surface area contributed by atoms with E-state index >= 15 is 0 Å². The van der Waals surface area contributed by atoms with Gasteiger partial charge in [0.25, 0.3) is 0 Å². The van der Waals surface area contributed by atoms with Crippen molar-refractivity contribution in [3.05, 3.63) is 66.1 Å². The molecule has 0 spiro atoms. The van der Waals surface area contributed by atoms with Crippen LogP contribution < -0.4 is 14.8 Å². The maximum atomic E-state index is 12.4. The lowest BCUT2D eigenvalue weighted by Gasteiger charge is -2.25. The molecule has 0 bridgehead atoms.